The van der Waals surface area contributed by atoms with Crippen LogP contribution in [0.3, 0.4) is 0 Å². The lowest BCUT2D eigenvalue weighted by atomic mass is 10.7. The summed E-state index contributed by atoms with van der Waals surface area (Å²) in [5.41, 5.74) is 0. The molecule has 0 unspecified atom stereocenters. The molecule has 4 heteroatoms. The van der Waals surface area contributed by atoms with Crippen LogP contribution in [-0.4, -0.2) is 23.4 Å². The molecule has 0 aromatic heterocycles. The van der Waals surface area contributed by atoms with Gasteiger partial charge in [0.25, 0.3) is 0 Å². The van der Waals surface area contributed by atoms with Crippen molar-refractivity contribution in [3.63, 3.8) is 0 Å². The Morgan fingerprint density at radius 2 is 1.60 bits per heavy atom. The van der Waals surface area contributed by atoms with Gasteiger partial charge in [-0.15, -0.1) is 11.8 Å². The topological polar surface area (TPSA) is 43.4 Å². The summed E-state index contributed by atoms with van der Waals surface area (Å²) in [6, 6.07) is 0. The van der Waals surface area contributed by atoms with E-state index in [4.69, 9.17) is 0 Å². The van der Waals surface area contributed by atoms with Crippen LogP contribution in [0.2, 0.25) is 0 Å². The van der Waals surface area contributed by atoms with E-state index in [1.807, 2.05) is 13.8 Å². The maximum absolute atomic E-state index is 10.2. The van der Waals surface area contributed by atoms with Crippen molar-refractivity contribution in [1.82, 2.24) is 0 Å². The van der Waals surface area contributed by atoms with Crippen LogP contribution in [0.4, 0.5) is 0 Å². The van der Waals surface area contributed by atoms with Gasteiger partial charge in [0.1, 0.15) is 0 Å². The summed E-state index contributed by atoms with van der Waals surface area (Å²) in [5, 5.41) is 0. The summed E-state index contributed by atoms with van der Waals surface area (Å²) < 4.78 is 4.19. The molecule has 1 rings (SSSR count). The Balaban J connectivity index is 0.000000371. The van der Waals surface area contributed by atoms with Gasteiger partial charge < -0.3 is 4.74 Å². The Bertz CT molecular complexity index is 119. The highest BCUT2D eigenvalue weighted by molar-refractivity contribution is 8.00. The normalized spacial score (nSPS) is 17.0. The third-order valence-electron chi connectivity index (χ3n) is 0.667. The van der Waals surface area contributed by atoms with Gasteiger partial charge in [-0.2, -0.15) is 0 Å². The molecule has 0 amide bonds. The van der Waals surface area contributed by atoms with Gasteiger partial charge in [-0.25, -0.2) is 0 Å². The molecule has 0 aromatic carbocycles. The third kappa shape index (κ3) is 3.50. The molecular weight excluding hydrogens is 152 g/mol. The highest BCUT2D eigenvalue weighted by Crippen LogP contribution is 2.07. The van der Waals surface area contributed by atoms with E-state index in [2.05, 4.69) is 4.74 Å². The quantitative estimate of drug-likeness (QED) is 0.391. The molecule has 10 heavy (non-hydrogen) atoms. The first-order valence-corrected chi connectivity index (χ1v) is 4.26. The zero-order valence-electron chi connectivity index (χ0n) is 6.05. The molecule has 0 radical (unpaired) electrons. The Morgan fingerprint density at radius 1 is 1.20 bits per heavy atom. The summed E-state index contributed by atoms with van der Waals surface area (Å²) in [7, 11) is 0. The second-order valence-corrected chi connectivity index (χ2v) is 2.32. The second-order valence-electron chi connectivity index (χ2n) is 1.34. The highest BCUT2D eigenvalue weighted by Gasteiger charge is 2.16. The fourth-order valence-corrected chi connectivity index (χ4v) is 0.957. The first-order chi connectivity index (χ1) is 4.79. The number of ether oxygens (including phenoxy) is 1. The summed E-state index contributed by atoms with van der Waals surface area (Å²) in [6.07, 6.45) is 0. The van der Waals surface area contributed by atoms with E-state index in [-0.39, 0.29) is 0 Å². The third-order valence-corrected chi connectivity index (χ3v) is 1.55. The van der Waals surface area contributed by atoms with Gasteiger partial charge in [0.15, 0.2) is 0 Å². The molecule has 1 heterocycles. The van der Waals surface area contributed by atoms with E-state index in [9.17, 15) is 9.59 Å². The van der Waals surface area contributed by atoms with E-state index in [0.717, 1.165) is 0 Å². The van der Waals surface area contributed by atoms with Gasteiger partial charge >= 0.3 is 11.9 Å². The van der Waals surface area contributed by atoms with Gasteiger partial charge in [-0.3, -0.25) is 9.59 Å². The summed E-state index contributed by atoms with van der Waals surface area (Å²) >= 11 is 1.29. The number of hydrogen-bond acceptors (Lipinski definition) is 4. The first kappa shape index (κ1) is 9.49. The smallest absolute Gasteiger partial charge is 0.323 e. The Hall–Kier alpha value is -0.510. The largest absolute Gasteiger partial charge is 0.392 e. The van der Waals surface area contributed by atoms with Crippen LogP contribution in [0.1, 0.15) is 13.8 Å². The summed E-state index contributed by atoms with van der Waals surface area (Å²) in [5.74, 6) is -0.227. The zero-order chi connectivity index (χ0) is 7.98. The molecule has 0 N–H and O–H groups in total. The molecule has 0 aliphatic carbocycles. The molecule has 0 aromatic rings. The molecule has 0 bridgehead atoms. The minimum atomic E-state index is -0.425. The van der Waals surface area contributed by atoms with Crippen molar-refractivity contribution in [2.24, 2.45) is 0 Å². The average molecular weight is 162 g/mol. The van der Waals surface area contributed by atoms with E-state index in [0.29, 0.717) is 11.5 Å². The highest BCUT2D eigenvalue weighted by atomic mass is 32.2. The van der Waals surface area contributed by atoms with Crippen LogP contribution in [0.5, 0.6) is 0 Å². The molecular formula is C6H10O3S. The number of carbonyl (C=O) groups is 2. The van der Waals surface area contributed by atoms with Gasteiger partial charge in [0.2, 0.25) is 0 Å². The number of carbonyl (C=O) groups excluding carboxylic acids is 2. The average Bonchev–Trinajstić information content (AvgIpc) is 1.91. The molecule has 0 atom stereocenters. The fraction of sp³-hybridized carbons (Fsp3) is 0.667. The Morgan fingerprint density at radius 3 is 1.80 bits per heavy atom. The molecule has 1 aliphatic heterocycles. The van der Waals surface area contributed by atoms with E-state index >= 15 is 0 Å². The van der Waals surface area contributed by atoms with Crippen LogP contribution in [0.25, 0.3) is 0 Å². The monoisotopic (exact) mass is 162 g/mol. The SMILES string of the molecule is CC.O=C1CSCC(=O)O1. The van der Waals surface area contributed by atoms with Gasteiger partial charge in [0.05, 0.1) is 11.5 Å². The molecule has 1 saturated heterocycles. The minimum Gasteiger partial charge on any atom is -0.392 e. The molecule has 1 fully saturated rings. The molecule has 0 spiro atoms. The molecule has 1 aliphatic rings. The standard InChI is InChI=1S/C4H4O3S.C2H6/c5-3-1-8-2-4(6)7-3;1-2/h1-2H2;1-2H3. The van der Waals surface area contributed by atoms with Crippen molar-refractivity contribution in [2.45, 2.75) is 13.8 Å². The zero-order valence-corrected chi connectivity index (χ0v) is 6.86. The van der Waals surface area contributed by atoms with Crippen molar-refractivity contribution in [3.8, 4) is 0 Å². The second kappa shape index (κ2) is 5.29. The maximum Gasteiger partial charge on any atom is 0.323 e. The summed E-state index contributed by atoms with van der Waals surface area (Å²) in [6.45, 7) is 4.00. The van der Waals surface area contributed by atoms with Crippen molar-refractivity contribution in [3.05, 3.63) is 0 Å². The summed E-state index contributed by atoms with van der Waals surface area (Å²) in [4.78, 5) is 20.4. The number of cyclic esters (lactones) is 2. The van der Waals surface area contributed by atoms with Crippen LogP contribution in [0.15, 0.2) is 0 Å². The molecule has 58 valence electrons. The predicted octanol–water partition coefficient (Wildman–Crippen LogP) is 0.829. The Labute approximate surface area is 64.1 Å². The van der Waals surface area contributed by atoms with Crippen molar-refractivity contribution >= 4 is 23.7 Å². The van der Waals surface area contributed by atoms with Crippen LogP contribution < -0.4 is 0 Å². The van der Waals surface area contributed by atoms with Crippen LogP contribution in [-0.2, 0) is 14.3 Å². The van der Waals surface area contributed by atoms with E-state index in [1.54, 1.807) is 0 Å². The van der Waals surface area contributed by atoms with Gasteiger partial charge in [-0.05, 0) is 0 Å². The van der Waals surface area contributed by atoms with Crippen molar-refractivity contribution in [1.29, 1.82) is 0 Å². The number of hydrogen-bond donors (Lipinski definition) is 0. The maximum atomic E-state index is 10.2. The van der Waals surface area contributed by atoms with E-state index < -0.39 is 11.9 Å². The molecule has 3 nitrogen and oxygen atoms in total. The lowest BCUT2D eigenvalue weighted by Gasteiger charge is -2.06. The number of thioether (sulfide) groups is 1. The Kier molecular flexibility index (Phi) is 5.02. The van der Waals surface area contributed by atoms with Crippen molar-refractivity contribution < 1.29 is 14.3 Å². The fourth-order valence-electron chi connectivity index (χ4n) is 0.404. The predicted molar refractivity (Wildman–Crippen MR) is 39.8 cm³/mol. The minimum absolute atomic E-state index is 0.311. The lowest BCUT2D eigenvalue weighted by molar-refractivity contribution is -0.156. The number of esters is 2. The van der Waals surface area contributed by atoms with Crippen LogP contribution in [0, 0.1) is 0 Å². The van der Waals surface area contributed by atoms with Crippen LogP contribution >= 0.6 is 11.8 Å². The first-order valence-electron chi connectivity index (χ1n) is 3.10. The van der Waals surface area contributed by atoms with Gasteiger partial charge in [-0.1, -0.05) is 13.8 Å². The van der Waals surface area contributed by atoms with Crippen molar-refractivity contribution in [2.75, 3.05) is 11.5 Å². The number of rotatable bonds is 0. The molecule has 0 saturated carbocycles. The van der Waals surface area contributed by atoms with Gasteiger partial charge in [0, 0.05) is 0 Å². The lowest BCUT2D eigenvalue weighted by Crippen LogP contribution is -2.21. The van der Waals surface area contributed by atoms with E-state index in [1.165, 1.54) is 11.8 Å².